The van der Waals surface area contributed by atoms with E-state index in [1.165, 1.54) is 38.2 Å². The molecule has 188 valence electrons. The molecule has 2 heteroatoms. The summed E-state index contributed by atoms with van der Waals surface area (Å²) in [5, 5.41) is 7.03. The van der Waals surface area contributed by atoms with Gasteiger partial charge in [-0.3, -0.25) is 0 Å². The predicted molar refractivity (Wildman–Crippen MR) is 168 cm³/mol. The highest BCUT2D eigenvalue weighted by Gasteiger charge is 2.22. The summed E-state index contributed by atoms with van der Waals surface area (Å²) in [6.07, 6.45) is 7.63. The van der Waals surface area contributed by atoms with Crippen molar-refractivity contribution in [2.75, 3.05) is 0 Å². The van der Waals surface area contributed by atoms with Crippen molar-refractivity contribution in [2.45, 2.75) is 0 Å². The van der Waals surface area contributed by atoms with Crippen molar-refractivity contribution in [1.29, 1.82) is 0 Å². The average molecular weight is 513 g/mol. The van der Waals surface area contributed by atoms with Gasteiger partial charge in [-0.15, -0.1) is 0 Å². The summed E-state index contributed by atoms with van der Waals surface area (Å²) >= 11 is 0. The molecule has 7 aromatic rings. The quantitative estimate of drug-likeness (QED) is 0.215. The summed E-state index contributed by atoms with van der Waals surface area (Å²) in [5.41, 5.74) is 8.39. The largest absolute Gasteiger partial charge is 0.464 e. The Kier molecular flexibility index (Phi) is 5.01. The Bertz CT molecular complexity index is 2150. The zero-order chi connectivity index (χ0) is 26.6. The number of benzene rings is 6. The van der Waals surface area contributed by atoms with Gasteiger partial charge in [0.2, 0.25) is 0 Å². The van der Waals surface area contributed by atoms with E-state index in [0.717, 1.165) is 44.4 Å². The van der Waals surface area contributed by atoms with Crippen molar-refractivity contribution in [1.82, 2.24) is 0 Å². The molecule has 0 aliphatic carbocycles. The first kappa shape index (κ1) is 22.6. The van der Waals surface area contributed by atoms with Crippen LogP contribution in [-0.2, 0) is 0 Å². The molecule has 1 aromatic heterocycles. The van der Waals surface area contributed by atoms with Crippen molar-refractivity contribution >= 4 is 49.1 Å². The number of allylic oxidation sites excluding steroid dienone is 4. The number of hydrogen-bond acceptors (Lipinski definition) is 2. The third-order valence-electron chi connectivity index (χ3n) is 7.90. The molecule has 0 unspecified atom stereocenters. The molecule has 0 amide bonds. The molecule has 1 aliphatic heterocycles. The van der Waals surface area contributed by atoms with Crippen LogP contribution in [0, 0.1) is 0 Å². The van der Waals surface area contributed by atoms with Gasteiger partial charge < -0.3 is 9.15 Å². The Hall–Kier alpha value is -5.34. The molecule has 0 saturated heterocycles. The van der Waals surface area contributed by atoms with Crippen molar-refractivity contribution in [3.05, 3.63) is 146 Å². The fourth-order valence-corrected chi connectivity index (χ4v) is 6.27. The van der Waals surface area contributed by atoms with E-state index in [4.69, 9.17) is 9.15 Å². The topological polar surface area (TPSA) is 22.4 Å². The van der Waals surface area contributed by atoms with E-state index in [2.05, 4.69) is 97.6 Å². The second-order valence-electron chi connectivity index (χ2n) is 10.1. The first-order chi connectivity index (χ1) is 19.8. The van der Waals surface area contributed by atoms with Gasteiger partial charge in [-0.25, -0.2) is 0 Å². The van der Waals surface area contributed by atoms with Gasteiger partial charge >= 0.3 is 0 Å². The van der Waals surface area contributed by atoms with Crippen LogP contribution in [0.1, 0.15) is 5.56 Å². The average Bonchev–Trinajstić information content (AvgIpc) is 3.37. The highest BCUT2D eigenvalue weighted by molar-refractivity contribution is 6.26. The lowest BCUT2D eigenvalue weighted by molar-refractivity contribution is 0.480. The fraction of sp³-hybridized carbons (Fsp3) is 0. The van der Waals surface area contributed by atoms with Crippen molar-refractivity contribution < 1.29 is 9.15 Å². The highest BCUT2D eigenvalue weighted by Crippen LogP contribution is 2.49. The molecule has 40 heavy (non-hydrogen) atoms. The minimum atomic E-state index is 0.801. The molecule has 0 N–H and O–H groups in total. The zero-order valence-corrected chi connectivity index (χ0v) is 21.7. The molecule has 0 radical (unpaired) electrons. The first-order valence-electron chi connectivity index (χ1n) is 13.5. The van der Waals surface area contributed by atoms with Crippen LogP contribution in [0.5, 0.6) is 5.75 Å². The van der Waals surface area contributed by atoms with Crippen LogP contribution in [0.3, 0.4) is 0 Å². The van der Waals surface area contributed by atoms with Crippen molar-refractivity contribution in [3.8, 4) is 28.0 Å². The van der Waals surface area contributed by atoms with E-state index in [9.17, 15) is 0 Å². The van der Waals surface area contributed by atoms with Gasteiger partial charge in [-0.1, -0.05) is 110 Å². The molecule has 0 atom stereocenters. The van der Waals surface area contributed by atoms with Crippen molar-refractivity contribution in [2.24, 2.45) is 0 Å². The normalized spacial score (nSPS) is 14.7. The molecule has 6 aromatic carbocycles. The third-order valence-corrected chi connectivity index (χ3v) is 7.90. The Morgan fingerprint density at radius 1 is 0.475 bits per heavy atom. The third kappa shape index (κ3) is 3.30. The fourth-order valence-electron chi connectivity index (χ4n) is 6.27. The van der Waals surface area contributed by atoms with Gasteiger partial charge in [-0.2, -0.15) is 0 Å². The monoisotopic (exact) mass is 512 g/mol. The molecule has 8 rings (SSSR count). The van der Waals surface area contributed by atoms with Gasteiger partial charge in [-0.05, 0) is 73.6 Å². The maximum atomic E-state index is 6.29. The summed E-state index contributed by atoms with van der Waals surface area (Å²) in [7, 11) is 0. The van der Waals surface area contributed by atoms with Crippen LogP contribution in [0.25, 0.3) is 71.3 Å². The van der Waals surface area contributed by atoms with E-state index in [1.54, 1.807) is 6.26 Å². The van der Waals surface area contributed by atoms with Crippen LogP contribution in [-0.4, -0.2) is 0 Å². The Morgan fingerprint density at radius 2 is 1.05 bits per heavy atom. The maximum absolute atomic E-state index is 6.29. The second kappa shape index (κ2) is 8.86. The van der Waals surface area contributed by atoms with E-state index in [0.29, 0.717) is 0 Å². The smallest absolute Gasteiger partial charge is 0.136 e. The Morgan fingerprint density at radius 3 is 1.77 bits per heavy atom. The molecule has 0 spiro atoms. The van der Waals surface area contributed by atoms with Gasteiger partial charge in [0.05, 0.1) is 6.26 Å². The van der Waals surface area contributed by atoms with Gasteiger partial charge in [0, 0.05) is 16.3 Å². The summed E-state index contributed by atoms with van der Waals surface area (Å²) in [6, 6.07) is 38.4. The molecule has 2 nitrogen and oxygen atoms in total. The number of rotatable bonds is 2. The summed E-state index contributed by atoms with van der Waals surface area (Å²) in [6.45, 7) is 4.41. The zero-order valence-electron chi connectivity index (χ0n) is 21.7. The van der Waals surface area contributed by atoms with Crippen LogP contribution >= 0.6 is 0 Å². The van der Waals surface area contributed by atoms with E-state index in [1.807, 2.05) is 36.4 Å². The Balaban J connectivity index is 1.54. The lowest BCUT2D eigenvalue weighted by Crippen LogP contribution is -1.97. The number of para-hydroxylation sites is 1. The molecular weight excluding hydrogens is 488 g/mol. The molecular formula is C38H24O2. The lowest BCUT2D eigenvalue weighted by Gasteiger charge is -2.21. The number of furan rings is 1. The van der Waals surface area contributed by atoms with Gasteiger partial charge in [0.15, 0.2) is 0 Å². The number of hydrogen-bond donors (Lipinski definition) is 0. The van der Waals surface area contributed by atoms with Crippen molar-refractivity contribution in [3.63, 3.8) is 0 Å². The first-order valence-corrected chi connectivity index (χ1v) is 13.5. The summed E-state index contributed by atoms with van der Waals surface area (Å²) in [5.74, 6) is 0.801. The second-order valence-corrected chi connectivity index (χ2v) is 10.1. The van der Waals surface area contributed by atoms with Crippen LogP contribution in [0.4, 0.5) is 0 Å². The van der Waals surface area contributed by atoms with Crippen LogP contribution in [0.15, 0.2) is 145 Å². The molecule has 0 fully saturated rings. The number of ether oxygens (including phenoxy) is 1. The van der Waals surface area contributed by atoms with E-state index >= 15 is 0 Å². The van der Waals surface area contributed by atoms with E-state index < -0.39 is 0 Å². The van der Waals surface area contributed by atoms with Crippen LogP contribution in [0.2, 0.25) is 0 Å². The lowest BCUT2D eigenvalue weighted by atomic mass is 9.83. The Labute approximate surface area is 231 Å². The van der Waals surface area contributed by atoms with Gasteiger partial charge in [0.1, 0.15) is 16.9 Å². The number of fused-ring (bicyclic) bond motifs is 6. The molecule has 0 bridgehead atoms. The standard InChI is InChI=1S/C38H24O2/c1-24-12-8-9-23-39-33-21-10-18-30(35(24)33)36-25-13-2-4-15-27(25)37(28-16-5-3-14-26(28)36)31-19-11-22-34-38(31)29-17-6-7-20-32(29)40-34/h2-23H,1H2/b12-8-,23-9-. The molecule has 1 aliphatic rings. The predicted octanol–water partition coefficient (Wildman–Crippen LogP) is 10.7. The highest BCUT2D eigenvalue weighted by atomic mass is 16.5. The molecule has 0 saturated carbocycles. The van der Waals surface area contributed by atoms with Crippen LogP contribution < -0.4 is 4.74 Å². The minimum absolute atomic E-state index is 0.801. The summed E-state index contributed by atoms with van der Waals surface area (Å²) < 4.78 is 12.3. The van der Waals surface area contributed by atoms with E-state index in [-0.39, 0.29) is 0 Å². The minimum Gasteiger partial charge on any atom is -0.464 e. The SMILES string of the molecule is C=C1/C=C\C=C/Oc2cccc(-c3c4ccccc4c(-c4cccc5oc6ccccc6c45)c4ccccc34)c21. The van der Waals surface area contributed by atoms with Gasteiger partial charge in [0.25, 0.3) is 0 Å². The molecule has 2 heterocycles. The summed E-state index contributed by atoms with van der Waals surface area (Å²) in [4.78, 5) is 0. The maximum Gasteiger partial charge on any atom is 0.136 e.